The third kappa shape index (κ3) is 2.86. The average molecular weight is 294 g/mol. The van der Waals surface area contributed by atoms with Gasteiger partial charge in [0.15, 0.2) is 0 Å². The van der Waals surface area contributed by atoms with Crippen LogP contribution in [0, 0.1) is 6.92 Å². The van der Waals surface area contributed by atoms with E-state index in [4.69, 9.17) is 5.14 Å². The Labute approximate surface area is 116 Å². The van der Waals surface area contributed by atoms with Gasteiger partial charge in [0.05, 0.1) is 11.2 Å². The Morgan fingerprint density at radius 3 is 2.65 bits per heavy atom. The van der Waals surface area contributed by atoms with Crippen molar-refractivity contribution in [3.63, 3.8) is 0 Å². The molecule has 1 heterocycles. The lowest BCUT2D eigenvalue weighted by molar-refractivity contribution is 0.102. The Morgan fingerprint density at radius 2 is 2.10 bits per heavy atom. The molecule has 0 aliphatic rings. The van der Waals surface area contributed by atoms with Gasteiger partial charge in [0, 0.05) is 18.9 Å². The number of aromatic nitrogens is 2. The monoisotopic (exact) mass is 294 g/mol. The summed E-state index contributed by atoms with van der Waals surface area (Å²) < 4.78 is 24.5. The van der Waals surface area contributed by atoms with Crippen LogP contribution in [0.2, 0.25) is 0 Å². The van der Waals surface area contributed by atoms with E-state index in [1.807, 2.05) is 0 Å². The SMILES string of the molecule is Cc1c(NC(=O)c2cn(C)cn2)cccc1S(N)(=O)=O. The molecule has 0 spiro atoms. The minimum Gasteiger partial charge on any atom is -0.340 e. The number of nitrogens with two attached hydrogens (primary N) is 1. The fourth-order valence-corrected chi connectivity index (χ4v) is 2.58. The second kappa shape index (κ2) is 5.06. The molecule has 106 valence electrons. The number of benzene rings is 1. The zero-order valence-electron chi connectivity index (χ0n) is 11.0. The van der Waals surface area contributed by atoms with Crippen molar-refractivity contribution in [2.45, 2.75) is 11.8 Å². The third-order valence-corrected chi connectivity index (χ3v) is 3.83. The first-order valence-corrected chi connectivity index (χ1v) is 7.25. The molecule has 0 radical (unpaired) electrons. The van der Waals surface area contributed by atoms with Crippen LogP contribution in [-0.2, 0) is 17.1 Å². The highest BCUT2D eigenvalue weighted by molar-refractivity contribution is 7.89. The molecular formula is C12H14N4O3S. The van der Waals surface area contributed by atoms with Crippen LogP contribution in [0.1, 0.15) is 16.1 Å². The van der Waals surface area contributed by atoms with Crippen molar-refractivity contribution in [2.75, 3.05) is 5.32 Å². The second-order valence-electron chi connectivity index (χ2n) is 4.35. The molecule has 1 aromatic carbocycles. The molecule has 0 atom stereocenters. The summed E-state index contributed by atoms with van der Waals surface area (Å²) in [7, 11) is -2.08. The number of primary sulfonamides is 1. The van der Waals surface area contributed by atoms with E-state index in [-0.39, 0.29) is 10.6 Å². The minimum atomic E-state index is -3.82. The molecule has 7 nitrogen and oxygen atoms in total. The van der Waals surface area contributed by atoms with E-state index in [1.165, 1.54) is 18.5 Å². The topological polar surface area (TPSA) is 107 Å². The molecule has 0 unspecified atom stereocenters. The number of anilines is 1. The Morgan fingerprint density at radius 1 is 1.40 bits per heavy atom. The molecule has 0 saturated carbocycles. The maximum Gasteiger partial charge on any atom is 0.275 e. The van der Waals surface area contributed by atoms with E-state index in [0.29, 0.717) is 11.3 Å². The largest absolute Gasteiger partial charge is 0.340 e. The summed E-state index contributed by atoms with van der Waals surface area (Å²) >= 11 is 0. The number of carbonyl (C=O) groups is 1. The molecule has 1 amide bonds. The zero-order valence-corrected chi connectivity index (χ0v) is 11.8. The predicted molar refractivity (Wildman–Crippen MR) is 73.7 cm³/mol. The van der Waals surface area contributed by atoms with Crippen LogP contribution < -0.4 is 10.5 Å². The van der Waals surface area contributed by atoms with Crippen LogP contribution in [0.3, 0.4) is 0 Å². The van der Waals surface area contributed by atoms with E-state index < -0.39 is 15.9 Å². The van der Waals surface area contributed by atoms with Crippen LogP contribution >= 0.6 is 0 Å². The van der Waals surface area contributed by atoms with Gasteiger partial charge >= 0.3 is 0 Å². The Balaban J connectivity index is 2.33. The highest BCUT2D eigenvalue weighted by atomic mass is 32.2. The van der Waals surface area contributed by atoms with E-state index in [1.54, 1.807) is 30.8 Å². The maximum absolute atomic E-state index is 12.0. The molecule has 0 fully saturated rings. The fourth-order valence-electron chi connectivity index (χ4n) is 1.77. The van der Waals surface area contributed by atoms with Gasteiger partial charge in [-0.2, -0.15) is 0 Å². The van der Waals surface area contributed by atoms with Gasteiger partial charge in [-0.1, -0.05) is 6.07 Å². The summed E-state index contributed by atoms with van der Waals surface area (Å²) in [6.07, 6.45) is 3.07. The standard InChI is InChI=1S/C12H14N4O3S/c1-8-9(4-3-5-11(8)20(13,18)19)15-12(17)10-6-16(2)7-14-10/h3-7H,1-2H3,(H,15,17)(H2,13,18,19). The van der Waals surface area contributed by atoms with Gasteiger partial charge in [-0.3, -0.25) is 4.79 Å². The van der Waals surface area contributed by atoms with Crippen LogP contribution in [0.5, 0.6) is 0 Å². The number of aryl methyl sites for hydroxylation is 1. The fraction of sp³-hybridized carbons (Fsp3) is 0.167. The van der Waals surface area contributed by atoms with E-state index >= 15 is 0 Å². The quantitative estimate of drug-likeness (QED) is 0.865. The Kier molecular flexibility index (Phi) is 3.60. The number of nitrogens with zero attached hydrogens (tertiary/aromatic N) is 2. The molecule has 3 N–H and O–H groups in total. The maximum atomic E-state index is 12.0. The number of hydrogen-bond acceptors (Lipinski definition) is 4. The smallest absolute Gasteiger partial charge is 0.275 e. The van der Waals surface area contributed by atoms with Crippen molar-refractivity contribution in [1.29, 1.82) is 0 Å². The van der Waals surface area contributed by atoms with E-state index in [2.05, 4.69) is 10.3 Å². The molecule has 2 rings (SSSR count). The Bertz CT molecular complexity index is 765. The summed E-state index contributed by atoms with van der Waals surface area (Å²) in [6, 6.07) is 4.51. The van der Waals surface area contributed by atoms with Crippen LogP contribution in [0.25, 0.3) is 0 Å². The summed E-state index contributed by atoms with van der Waals surface area (Å²) in [5.74, 6) is -0.416. The number of hydrogen-bond donors (Lipinski definition) is 2. The van der Waals surface area contributed by atoms with Crippen molar-refractivity contribution in [1.82, 2.24) is 9.55 Å². The zero-order chi connectivity index (χ0) is 14.9. The minimum absolute atomic E-state index is 0.0173. The number of rotatable bonds is 3. The molecule has 8 heteroatoms. The number of amides is 1. The lowest BCUT2D eigenvalue weighted by atomic mass is 10.2. The molecule has 2 aromatic rings. The first kappa shape index (κ1) is 14.2. The van der Waals surface area contributed by atoms with Crippen LogP contribution in [-0.4, -0.2) is 23.9 Å². The number of imidazole rings is 1. The lowest BCUT2D eigenvalue weighted by Gasteiger charge is -2.10. The molecular weight excluding hydrogens is 280 g/mol. The molecule has 0 bridgehead atoms. The summed E-state index contributed by atoms with van der Waals surface area (Å²) in [4.78, 5) is 15.9. The van der Waals surface area contributed by atoms with E-state index in [0.717, 1.165) is 0 Å². The normalized spacial score (nSPS) is 11.3. The molecule has 0 saturated heterocycles. The summed E-state index contributed by atoms with van der Waals surface area (Å²) in [5.41, 5.74) is 1.01. The second-order valence-corrected chi connectivity index (χ2v) is 5.88. The van der Waals surface area contributed by atoms with Gasteiger partial charge in [0.2, 0.25) is 10.0 Å². The Hall–Kier alpha value is -2.19. The van der Waals surface area contributed by atoms with Crippen molar-refractivity contribution >= 4 is 21.6 Å². The molecule has 0 aliphatic carbocycles. The van der Waals surface area contributed by atoms with Gasteiger partial charge in [-0.05, 0) is 24.6 Å². The van der Waals surface area contributed by atoms with Crippen molar-refractivity contribution in [3.8, 4) is 0 Å². The lowest BCUT2D eigenvalue weighted by Crippen LogP contribution is -2.17. The van der Waals surface area contributed by atoms with Gasteiger partial charge in [-0.15, -0.1) is 0 Å². The van der Waals surface area contributed by atoms with Gasteiger partial charge in [0.1, 0.15) is 5.69 Å². The predicted octanol–water partition coefficient (Wildman–Crippen LogP) is 0.628. The van der Waals surface area contributed by atoms with E-state index in [9.17, 15) is 13.2 Å². The first-order chi connectivity index (χ1) is 9.29. The molecule has 1 aromatic heterocycles. The number of sulfonamides is 1. The number of nitrogens with one attached hydrogen (secondary N) is 1. The highest BCUT2D eigenvalue weighted by Gasteiger charge is 2.16. The van der Waals surface area contributed by atoms with Crippen LogP contribution in [0.4, 0.5) is 5.69 Å². The van der Waals surface area contributed by atoms with Crippen molar-refractivity contribution < 1.29 is 13.2 Å². The van der Waals surface area contributed by atoms with Crippen molar-refractivity contribution in [3.05, 3.63) is 42.0 Å². The average Bonchev–Trinajstić information content (AvgIpc) is 2.77. The van der Waals surface area contributed by atoms with Gasteiger partial charge < -0.3 is 9.88 Å². The number of carbonyl (C=O) groups excluding carboxylic acids is 1. The first-order valence-electron chi connectivity index (χ1n) is 5.71. The molecule has 0 aliphatic heterocycles. The van der Waals surface area contributed by atoms with Gasteiger partial charge in [0.25, 0.3) is 5.91 Å². The third-order valence-electron chi connectivity index (χ3n) is 2.78. The van der Waals surface area contributed by atoms with Gasteiger partial charge in [-0.25, -0.2) is 18.5 Å². The van der Waals surface area contributed by atoms with Crippen molar-refractivity contribution in [2.24, 2.45) is 12.2 Å². The summed E-state index contributed by atoms with van der Waals surface area (Å²) in [6.45, 7) is 1.58. The van der Waals surface area contributed by atoms with Crippen LogP contribution in [0.15, 0.2) is 35.6 Å². The molecule has 20 heavy (non-hydrogen) atoms. The highest BCUT2D eigenvalue weighted by Crippen LogP contribution is 2.22. The summed E-state index contributed by atoms with van der Waals surface area (Å²) in [5, 5.41) is 7.73.